The van der Waals surface area contributed by atoms with Crippen LogP contribution < -0.4 is 5.32 Å². The van der Waals surface area contributed by atoms with Crippen molar-refractivity contribution in [3.63, 3.8) is 0 Å². The van der Waals surface area contributed by atoms with E-state index < -0.39 is 5.82 Å². The van der Waals surface area contributed by atoms with Crippen molar-refractivity contribution in [3.05, 3.63) is 91.0 Å². The molecule has 6 aromatic rings. The number of aromatic nitrogens is 6. The fraction of sp³-hybridized carbons (Fsp3) is 0.188. The zero-order valence-electron chi connectivity index (χ0n) is 22.2. The first kappa shape index (κ1) is 25.1. The molecule has 9 heteroatoms. The first-order chi connectivity index (χ1) is 20.0. The fourth-order valence-corrected chi connectivity index (χ4v) is 5.76. The molecule has 0 radical (unpaired) electrons. The Morgan fingerprint density at radius 2 is 1.80 bits per heavy atom. The molecule has 0 unspecified atom stereocenters. The lowest BCUT2D eigenvalue weighted by Gasteiger charge is -2.24. The second kappa shape index (κ2) is 10.2. The average Bonchev–Trinajstić information content (AvgIpc) is 3.63. The van der Waals surface area contributed by atoms with E-state index in [1.54, 1.807) is 48.9 Å². The van der Waals surface area contributed by atoms with Gasteiger partial charge in [-0.05, 0) is 55.2 Å². The van der Waals surface area contributed by atoms with Crippen LogP contribution in [0.5, 0.6) is 0 Å². The third-order valence-electron chi connectivity index (χ3n) is 7.84. The van der Waals surface area contributed by atoms with Gasteiger partial charge in [-0.1, -0.05) is 38.0 Å². The minimum absolute atomic E-state index is 0.312. The Hall–Kier alpha value is -4.92. The van der Waals surface area contributed by atoms with Crippen LogP contribution >= 0.6 is 0 Å². The first-order valence-corrected chi connectivity index (χ1v) is 13.7. The van der Waals surface area contributed by atoms with Crippen LogP contribution in [0.25, 0.3) is 55.8 Å². The molecule has 41 heavy (non-hydrogen) atoms. The summed E-state index contributed by atoms with van der Waals surface area (Å²) in [5.41, 5.74) is 6.03. The molecule has 1 aliphatic carbocycles. The van der Waals surface area contributed by atoms with Gasteiger partial charge in [0.15, 0.2) is 5.82 Å². The number of nitrogens with zero attached hydrogens (tertiary/aromatic N) is 4. The molecular weight excluding hydrogens is 520 g/mol. The predicted octanol–water partition coefficient (Wildman–Crippen LogP) is 8.01. The third kappa shape index (κ3) is 4.63. The van der Waals surface area contributed by atoms with Gasteiger partial charge in [-0.2, -0.15) is 5.10 Å². The minimum atomic E-state index is -0.430. The molecule has 0 saturated heterocycles. The van der Waals surface area contributed by atoms with E-state index in [4.69, 9.17) is 4.98 Å². The Morgan fingerprint density at radius 3 is 2.66 bits per heavy atom. The molecule has 0 bridgehead atoms. The Labute approximate surface area is 234 Å². The van der Waals surface area contributed by atoms with Crippen LogP contribution in [-0.2, 0) is 0 Å². The highest BCUT2D eigenvalue weighted by molar-refractivity contribution is 5.98. The molecule has 4 heterocycles. The van der Waals surface area contributed by atoms with Crippen molar-refractivity contribution in [2.45, 2.75) is 32.1 Å². The Balaban J connectivity index is 1.26. The van der Waals surface area contributed by atoms with Gasteiger partial charge in [0.05, 0.1) is 34.0 Å². The van der Waals surface area contributed by atoms with E-state index in [1.165, 1.54) is 31.4 Å². The minimum Gasteiger partial charge on any atom is -0.358 e. The Bertz CT molecular complexity index is 1920. The van der Waals surface area contributed by atoms with E-state index in [-0.39, 0.29) is 5.82 Å². The van der Waals surface area contributed by atoms with Crippen LogP contribution in [0.1, 0.15) is 32.1 Å². The Morgan fingerprint density at radius 1 is 0.927 bits per heavy atom. The van der Waals surface area contributed by atoms with Crippen LogP contribution in [-0.4, -0.2) is 30.1 Å². The molecule has 204 valence electrons. The van der Waals surface area contributed by atoms with Crippen LogP contribution in [0, 0.1) is 17.6 Å². The lowest BCUT2D eigenvalue weighted by molar-refractivity contribution is 0.405. The summed E-state index contributed by atoms with van der Waals surface area (Å²) in [6.07, 6.45) is 11.0. The second-order valence-corrected chi connectivity index (χ2v) is 10.5. The number of benzene rings is 2. The normalized spacial score (nSPS) is 14.1. The topological polar surface area (TPSA) is 95.2 Å². The highest BCUT2D eigenvalue weighted by Crippen LogP contribution is 2.36. The number of anilines is 1. The number of nitrogens with one attached hydrogen (secondary N) is 3. The number of aromatic amines is 2. The zero-order chi connectivity index (χ0) is 27.9. The maximum Gasteiger partial charge on any atom is 0.159 e. The van der Waals surface area contributed by atoms with Gasteiger partial charge in [-0.25, -0.2) is 13.8 Å². The van der Waals surface area contributed by atoms with E-state index in [1.807, 2.05) is 6.07 Å². The second-order valence-electron chi connectivity index (χ2n) is 10.5. The van der Waals surface area contributed by atoms with Gasteiger partial charge in [-0.15, -0.1) is 0 Å². The summed E-state index contributed by atoms with van der Waals surface area (Å²) >= 11 is 0. The number of rotatable bonds is 6. The highest BCUT2D eigenvalue weighted by atomic mass is 19.1. The van der Waals surface area contributed by atoms with Crippen LogP contribution in [0.3, 0.4) is 0 Å². The summed E-state index contributed by atoms with van der Waals surface area (Å²) < 4.78 is 30.2. The molecule has 1 fully saturated rings. The molecule has 7 nitrogen and oxygen atoms in total. The van der Waals surface area contributed by atoms with E-state index >= 15 is 4.39 Å². The zero-order valence-corrected chi connectivity index (χ0v) is 22.2. The summed E-state index contributed by atoms with van der Waals surface area (Å²) in [5, 5.41) is 11.0. The molecular formula is C32H27F2N7. The van der Waals surface area contributed by atoms with Gasteiger partial charge >= 0.3 is 0 Å². The maximum atomic E-state index is 16.2. The van der Waals surface area contributed by atoms with E-state index in [2.05, 4.69) is 37.0 Å². The number of H-pyrrole nitrogens is 2. The summed E-state index contributed by atoms with van der Waals surface area (Å²) in [6.45, 7) is 4.26. The van der Waals surface area contributed by atoms with Gasteiger partial charge in [0.1, 0.15) is 22.8 Å². The van der Waals surface area contributed by atoms with Gasteiger partial charge in [0.25, 0.3) is 0 Å². The fourth-order valence-electron chi connectivity index (χ4n) is 5.76. The third-order valence-corrected chi connectivity index (χ3v) is 7.84. The summed E-state index contributed by atoms with van der Waals surface area (Å²) in [7, 11) is 0. The van der Waals surface area contributed by atoms with Crippen molar-refractivity contribution in [2.75, 3.05) is 5.32 Å². The number of allylic oxidation sites excluding steroid dienone is 1. The number of hydrogen-bond donors (Lipinski definition) is 3. The summed E-state index contributed by atoms with van der Waals surface area (Å²) in [4.78, 5) is 16.8. The van der Waals surface area contributed by atoms with Gasteiger partial charge in [0, 0.05) is 34.8 Å². The van der Waals surface area contributed by atoms with Gasteiger partial charge in [0.2, 0.25) is 0 Å². The van der Waals surface area contributed by atoms with Gasteiger partial charge in [-0.3, -0.25) is 15.1 Å². The average molecular weight is 548 g/mol. The lowest BCUT2D eigenvalue weighted by atomic mass is 9.87. The highest BCUT2D eigenvalue weighted by Gasteiger charge is 2.21. The van der Waals surface area contributed by atoms with E-state index in [0.29, 0.717) is 61.8 Å². The van der Waals surface area contributed by atoms with Crippen LogP contribution in [0.2, 0.25) is 0 Å². The molecule has 0 amide bonds. The predicted molar refractivity (Wildman–Crippen MR) is 157 cm³/mol. The molecule has 0 aliphatic heterocycles. The molecule has 0 atom stereocenters. The Kier molecular flexibility index (Phi) is 6.26. The molecule has 3 N–H and O–H groups in total. The van der Waals surface area contributed by atoms with Crippen molar-refractivity contribution in [1.29, 1.82) is 0 Å². The van der Waals surface area contributed by atoms with Gasteiger partial charge < -0.3 is 10.3 Å². The van der Waals surface area contributed by atoms with Crippen molar-refractivity contribution >= 4 is 27.6 Å². The van der Waals surface area contributed by atoms with Crippen molar-refractivity contribution in [1.82, 2.24) is 30.1 Å². The number of hydrogen-bond acceptors (Lipinski definition) is 5. The standard InChI is InChI=1S/C32H27F2N7/c1-18(19-6-3-2-4-7-19)37-23-15-21(16-35-17-23)24-10-11-25-27(28(24)34)31(41-40-25)32-38-26-12-13-36-29(30(26)39-32)20-8-5-9-22(33)14-20/h5,8-17,19,37H,1-4,6-7H2,(H,38,39)(H,40,41). The van der Waals surface area contributed by atoms with Crippen LogP contribution in [0.4, 0.5) is 14.5 Å². The first-order valence-electron chi connectivity index (χ1n) is 13.7. The molecule has 2 aromatic carbocycles. The van der Waals surface area contributed by atoms with Crippen molar-refractivity contribution in [3.8, 4) is 33.9 Å². The largest absolute Gasteiger partial charge is 0.358 e. The van der Waals surface area contributed by atoms with Crippen LogP contribution in [0.15, 0.2) is 79.4 Å². The molecule has 7 rings (SSSR count). The number of pyridine rings is 2. The number of halogens is 2. The monoisotopic (exact) mass is 547 g/mol. The van der Waals surface area contributed by atoms with Crippen molar-refractivity contribution in [2.24, 2.45) is 5.92 Å². The molecule has 0 spiro atoms. The summed E-state index contributed by atoms with van der Waals surface area (Å²) in [6, 6.07) is 13.4. The molecule has 1 aliphatic rings. The smallest absolute Gasteiger partial charge is 0.159 e. The molecule has 1 saturated carbocycles. The quantitative estimate of drug-likeness (QED) is 0.196. The van der Waals surface area contributed by atoms with E-state index in [9.17, 15) is 4.39 Å². The SMILES string of the molecule is C=C(Nc1cncc(-c2ccc3[nH]nc(-c4nc5c(-c6cccc(F)c6)nccc5[nH]4)c3c2F)c1)C1CCCCC1. The van der Waals surface area contributed by atoms with E-state index in [0.717, 1.165) is 24.2 Å². The maximum absolute atomic E-state index is 16.2. The summed E-state index contributed by atoms with van der Waals surface area (Å²) in [5.74, 6) is 0.0250. The number of fused-ring (bicyclic) bond motifs is 2. The lowest BCUT2D eigenvalue weighted by Crippen LogP contribution is -2.14. The van der Waals surface area contributed by atoms with Crippen molar-refractivity contribution < 1.29 is 8.78 Å². The molecule has 4 aromatic heterocycles. The number of imidazole rings is 1.